The minimum Gasteiger partial charge on any atom is -0.495 e. The summed E-state index contributed by atoms with van der Waals surface area (Å²) in [5, 5.41) is 11.5. The number of ether oxygens (including phenoxy) is 1. The molecule has 24 heavy (non-hydrogen) atoms. The molecule has 1 fully saturated rings. The first-order valence-corrected chi connectivity index (χ1v) is 8.36. The van der Waals surface area contributed by atoms with E-state index in [4.69, 9.17) is 20.8 Å². The van der Waals surface area contributed by atoms with E-state index in [1.807, 2.05) is 0 Å². The van der Waals surface area contributed by atoms with Crippen molar-refractivity contribution >= 4 is 17.5 Å². The fourth-order valence-electron chi connectivity index (χ4n) is 3.13. The molecule has 128 valence electrons. The molecule has 1 saturated carbocycles. The number of hydrogen-bond acceptors (Lipinski definition) is 5. The molecular weight excluding hydrogens is 330 g/mol. The van der Waals surface area contributed by atoms with E-state index in [9.17, 15) is 4.79 Å². The van der Waals surface area contributed by atoms with Crippen molar-refractivity contribution in [1.82, 2.24) is 15.5 Å². The van der Waals surface area contributed by atoms with Crippen molar-refractivity contribution in [2.24, 2.45) is 5.92 Å². The fraction of sp³-hybridized carbons (Fsp3) is 0.471. The molecule has 1 aromatic carbocycles. The number of aryl methyl sites for hydroxylation is 1. The summed E-state index contributed by atoms with van der Waals surface area (Å²) >= 11 is 5.99. The van der Waals surface area contributed by atoms with Crippen molar-refractivity contribution < 1.29 is 13.9 Å². The topological polar surface area (TPSA) is 77.2 Å². The molecule has 0 saturated heterocycles. The SMILES string of the molecule is COc1cc(C(=O)N[C@H]2CC[C@@H](Cc3nnc(C)o3)C2)ccc1Cl. The summed E-state index contributed by atoms with van der Waals surface area (Å²) in [6.07, 6.45) is 3.67. The van der Waals surface area contributed by atoms with E-state index < -0.39 is 0 Å². The predicted molar refractivity (Wildman–Crippen MR) is 89.3 cm³/mol. The van der Waals surface area contributed by atoms with Gasteiger partial charge in [-0.15, -0.1) is 10.2 Å². The number of hydrogen-bond donors (Lipinski definition) is 1. The molecule has 0 unspecified atom stereocenters. The molecule has 2 atom stereocenters. The molecular formula is C17H20ClN3O3. The van der Waals surface area contributed by atoms with Crippen LogP contribution in [0.15, 0.2) is 22.6 Å². The maximum atomic E-state index is 12.4. The van der Waals surface area contributed by atoms with E-state index in [2.05, 4.69) is 15.5 Å². The zero-order chi connectivity index (χ0) is 17.1. The Morgan fingerprint density at radius 2 is 2.25 bits per heavy atom. The Labute approximate surface area is 145 Å². The second kappa shape index (κ2) is 7.21. The molecule has 3 rings (SSSR count). The Kier molecular flexibility index (Phi) is 5.04. The number of nitrogens with zero attached hydrogens (tertiary/aromatic N) is 2. The number of carbonyl (C=O) groups is 1. The lowest BCUT2D eigenvalue weighted by atomic mass is 10.0. The number of nitrogens with one attached hydrogen (secondary N) is 1. The van der Waals surface area contributed by atoms with Crippen LogP contribution < -0.4 is 10.1 Å². The molecule has 1 amide bonds. The summed E-state index contributed by atoms with van der Waals surface area (Å²) in [6, 6.07) is 5.19. The van der Waals surface area contributed by atoms with Gasteiger partial charge >= 0.3 is 0 Å². The highest BCUT2D eigenvalue weighted by Gasteiger charge is 2.27. The number of aromatic nitrogens is 2. The van der Waals surface area contributed by atoms with Gasteiger partial charge in [0, 0.05) is 24.9 Å². The van der Waals surface area contributed by atoms with Crippen LogP contribution in [0.4, 0.5) is 0 Å². The predicted octanol–water partition coefficient (Wildman–Crippen LogP) is 3.18. The maximum Gasteiger partial charge on any atom is 0.251 e. The van der Waals surface area contributed by atoms with Gasteiger partial charge in [-0.1, -0.05) is 11.6 Å². The van der Waals surface area contributed by atoms with Crippen LogP contribution in [0, 0.1) is 12.8 Å². The van der Waals surface area contributed by atoms with Crippen LogP contribution >= 0.6 is 11.6 Å². The van der Waals surface area contributed by atoms with Crippen LogP contribution in [0.25, 0.3) is 0 Å². The van der Waals surface area contributed by atoms with Crippen LogP contribution in [-0.4, -0.2) is 29.3 Å². The highest BCUT2D eigenvalue weighted by Crippen LogP contribution is 2.29. The lowest BCUT2D eigenvalue weighted by Crippen LogP contribution is -2.33. The first-order chi connectivity index (χ1) is 11.5. The lowest BCUT2D eigenvalue weighted by Gasteiger charge is -2.14. The van der Waals surface area contributed by atoms with Crippen molar-refractivity contribution in [2.45, 2.75) is 38.6 Å². The van der Waals surface area contributed by atoms with Gasteiger partial charge < -0.3 is 14.5 Å². The van der Waals surface area contributed by atoms with E-state index in [1.54, 1.807) is 25.1 Å². The van der Waals surface area contributed by atoms with Crippen molar-refractivity contribution in [3.8, 4) is 5.75 Å². The highest BCUT2D eigenvalue weighted by atomic mass is 35.5. The Balaban J connectivity index is 1.56. The maximum absolute atomic E-state index is 12.4. The van der Waals surface area contributed by atoms with Crippen LogP contribution in [0.1, 0.15) is 41.4 Å². The molecule has 7 heteroatoms. The molecule has 0 radical (unpaired) electrons. The minimum atomic E-state index is -0.107. The zero-order valence-corrected chi connectivity index (χ0v) is 14.5. The zero-order valence-electron chi connectivity index (χ0n) is 13.7. The van der Waals surface area contributed by atoms with Crippen molar-refractivity contribution in [1.29, 1.82) is 0 Å². The van der Waals surface area contributed by atoms with Gasteiger partial charge in [-0.3, -0.25) is 4.79 Å². The van der Waals surface area contributed by atoms with Gasteiger partial charge in [-0.25, -0.2) is 0 Å². The molecule has 2 aromatic rings. The summed E-state index contributed by atoms with van der Waals surface area (Å²) in [5.74, 6) is 2.11. The standard InChI is InChI=1S/C17H20ClN3O3/c1-10-20-21-16(24-10)8-11-3-5-13(7-11)19-17(22)12-4-6-14(18)15(9-12)23-2/h4,6,9,11,13H,3,5,7-8H2,1-2H3,(H,19,22)/t11-,13+/m1/s1. The first-order valence-electron chi connectivity index (χ1n) is 7.98. The summed E-state index contributed by atoms with van der Waals surface area (Å²) in [4.78, 5) is 12.4. The summed E-state index contributed by atoms with van der Waals surface area (Å²) in [7, 11) is 1.53. The number of methoxy groups -OCH3 is 1. The summed E-state index contributed by atoms with van der Waals surface area (Å²) in [6.45, 7) is 1.79. The van der Waals surface area contributed by atoms with E-state index in [-0.39, 0.29) is 11.9 Å². The number of amides is 1. The lowest BCUT2D eigenvalue weighted by molar-refractivity contribution is 0.0937. The molecule has 0 spiro atoms. The minimum absolute atomic E-state index is 0.107. The number of halogens is 1. The van der Waals surface area contributed by atoms with Gasteiger partial charge in [0.15, 0.2) is 0 Å². The molecule has 0 aliphatic heterocycles. The quantitative estimate of drug-likeness (QED) is 0.897. The van der Waals surface area contributed by atoms with Crippen LogP contribution in [-0.2, 0) is 6.42 Å². The third-order valence-corrected chi connectivity index (χ3v) is 4.63. The van der Waals surface area contributed by atoms with E-state index >= 15 is 0 Å². The van der Waals surface area contributed by atoms with Crippen molar-refractivity contribution in [3.63, 3.8) is 0 Å². The first kappa shape index (κ1) is 16.8. The third kappa shape index (κ3) is 3.87. The fourth-order valence-corrected chi connectivity index (χ4v) is 3.32. The highest BCUT2D eigenvalue weighted by molar-refractivity contribution is 6.32. The Morgan fingerprint density at radius 3 is 2.96 bits per heavy atom. The monoisotopic (exact) mass is 349 g/mol. The summed E-state index contributed by atoms with van der Waals surface area (Å²) < 4.78 is 10.6. The normalized spacial score (nSPS) is 20.1. The number of carbonyl (C=O) groups excluding carboxylic acids is 1. The molecule has 6 nitrogen and oxygen atoms in total. The van der Waals surface area contributed by atoms with E-state index in [0.29, 0.717) is 34.0 Å². The largest absolute Gasteiger partial charge is 0.495 e. The molecule has 1 heterocycles. The van der Waals surface area contributed by atoms with Gasteiger partial charge in [-0.05, 0) is 43.4 Å². The molecule has 0 bridgehead atoms. The summed E-state index contributed by atoms with van der Waals surface area (Å²) in [5.41, 5.74) is 0.548. The van der Waals surface area contributed by atoms with Gasteiger partial charge in [-0.2, -0.15) is 0 Å². The molecule has 1 N–H and O–H groups in total. The average Bonchev–Trinajstić information content (AvgIpc) is 3.17. The second-order valence-electron chi connectivity index (χ2n) is 6.12. The Hall–Kier alpha value is -2.08. The van der Waals surface area contributed by atoms with Crippen LogP contribution in [0.5, 0.6) is 5.75 Å². The Morgan fingerprint density at radius 1 is 1.42 bits per heavy atom. The van der Waals surface area contributed by atoms with E-state index in [0.717, 1.165) is 25.7 Å². The van der Waals surface area contributed by atoms with Crippen molar-refractivity contribution in [2.75, 3.05) is 7.11 Å². The molecule has 1 aliphatic rings. The number of rotatable bonds is 5. The molecule has 1 aliphatic carbocycles. The second-order valence-corrected chi connectivity index (χ2v) is 6.52. The van der Waals surface area contributed by atoms with Crippen LogP contribution in [0.3, 0.4) is 0 Å². The van der Waals surface area contributed by atoms with Gasteiger partial charge in [0.1, 0.15) is 5.75 Å². The smallest absolute Gasteiger partial charge is 0.251 e. The van der Waals surface area contributed by atoms with Gasteiger partial charge in [0.05, 0.1) is 12.1 Å². The van der Waals surface area contributed by atoms with Gasteiger partial charge in [0.2, 0.25) is 11.8 Å². The molecule has 1 aromatic heterocycles. The third-order valence-electron chi connectivity index (χ3n) is 4.32. The Bertz CT molecular complexity index is 732. The van der Waals surface area contributed by atoms with E-state index in [1.165, 1.54) is 7.11 Å². The van der Waals surface area contributed by atoms with Gasteiger partial charge in [0.25, 0.3) is 5.91 Å². The average molecular weight is 350 g/mol. The van der Waals surface area contributed by atoms with Crippen LogP contribution in [0.2, 0.25) is 5.02 Å². The number of benzene rings is 1. The van der Waals surface area contributed by atoms with Crippen molar-refractivity contribution in [3.05, 3.63) is 40.6 Å².